The second kappa shape index (κ2) is 8.19. The van der Waals surface area contributed by atoms with Crippen molar-refractivity contribution in [1.82, 2.24) is 19.9 Å². The first-order chi connectivity index (χ1) is 14.7. The fourth-order valence-electron chi connectivity index (χ4n) is 5.15. The molecule has 3 aromatic rings. The predicted octanol–water partition coefficient (Wildman–Crippen LogP) is 4.97. The van der Waals surface area contributed by atoms with E-state index in [1.165, 1.54) is 46.4 Å². The minimum Gasteiger partial charge on any atom is -0.337 e. The van der Waals surface area contributed by atoms with E-state index < -0.39 is 0 Å². The zero-order valence-corrected chi connectivity index (χ0v) is 17.9. The van der Waals surface area contributed by atoms with E-state index in [9.17, 15) is 0 Å². The molecule has 154 valence electrons. The van der Waals surface area contributed by atoms with Crippen LogP contribution in [0.4, 0.5) is 0 Å². The summed E-state index contributed by atoms with van der Waals surface area (Å²) in [7, 11) is 0. The third kappa shape index (κ3) is 3.72. The molecule has 1 fully saturated rings. The molecule has 5 rings (SSSR count). The van der Waals surface area contributed by atoms with Gasteiger partial charge in [0.2, 0.25) is 0 Å². The molecule has 0 saturated carbocycles. The van der Waals surface area contributed by atoms with Gasteiger partial charge < -0.3 is 9.88 Å². The van der Waals surface area contributed by atoms with Crippen molar-refractivity contribution in [2.24, 2.45) is 5.92 Å². The van der Waals surface area contributed by atoms with Crippen molar-refractivity contribution >= 4 is 11.6 Å². The Morgan fingerprint density at radius 3 is 2.77 bits per heavy atom. The minimum absolute atomic E-state index is 0.364. The van der Waals surface area contributed by atoms with Crippen LogP contribution in [-0.4, -0.2) is 27.6 Å². The lowest BCUT2D eigenvalue weighted by Gasteiger charge is -2.32. The lowest BCUT2D eigenvalue weighted by Crippen LogP contribution is -2.32. The first-order valence-corrected chi connectivity index (χ1v) is 11.1. The SMILES string of the molecule is Cc1ccc2c(c1)C(CCn1cnc(C)c1)=Cc1cccnc1C2C1CCNCC1. The number of imidazole rings is 1. The maximum absolute atomic E-state index is 4.93. The van der Waals surface area contributed by atoms with Crippen LogP contribution in [0.3, 0.4) is 0 Å². The van der Waals surface area contributed by atoms with Crippen molar-refractivity contribution in [1.29, 1.82) is 0 Å². The van der Waals surface area contributed by atoms with Crippen molar-refractivity contribution in [3.63, 3.8) is 0 Å². The summed E-state index contributed by atoms with van der Waals surface area (Å²) in [4.78, 5) is 9.33. The Morgan fingerprint density at radius 1 is 1.10 bits per heavy atom. The van der Waals surface area contributed by atoms with E-state index in [0.29, 0.717) is 11.8 Å². The Labute approximate surface area is 179 Å². The first-order valence-electron chi connectivity index (χ1n) is 11.1. The van der Waals surface area contributed by atoms with Gasteiger partial charge in [0.25, 0.3) is 0 Å². The van der Waals surface area contributed by atoms with E-state index in [0.717, 1.165) is 31.7 Å². The Hall–Kier alpha value is -2.72. The van der Waals surface area contributed by atoms with Crippen LogP contribution >= 0.6 is 0 Å². The smallest absolute Gasteiger partial charge is 0.0949 e. The monoisotopic (exact) mass is 398 g/mol. The Bertz CT molecular complexity index is 1070. The molecule has 1 N–H and O–H groups in total. The molecule has 1 aromatic carbocycles. The van der Waals surface area contributed by atoms with Crippen molar-refractivity contribution in [3.8, 4) is 0 Å². The molecular formula is C26H30N4. The van der Waals surface area contributed by atoms with Crippen molar-refractivity contribution in [3.05, 3.63) is 82.7 Å². The van der Waals surface area contributed by atoms with Crippen LogP contribution in [-0.2, 0) is 6.54 Å². The summed E-state index contributed by atoms with van der Waals surface area (Å²) in [5.74, 6) is 0.994. The van der Waals surface area contributed by atoms with Gasteiger partial charge in [-0.05, 0) is 86.5 Å². The number of hydrogen-bond donors (Lipinski definition) is 1. The number of aryl methyl sites for hydroxylation is 3. The molecule has 4 heteroatoms. The van der Waals surface area contributed by atoms with Crippen LogP contribution in [0.15, 0.2) is 49.1 Å². The van der Waals surface area contributed by atoms with Crippen molar-refractivity contribution in [2.75, 3.05) is 13.1 Å². The van der Waals surface area contributed by atoms with Gasteiger partial charge in [0.15, 0.2) is 0 Å². The lowest BCUT2D eigenvalue weighted by atomic mass is 9.76. The summed E-state index contributed by atoms with van der Waals surface area (Å²) in [6, 6.07) is 11.4. The number of nitrogens with one attached hydrogen (secondary N) is 1. The molecule has 2 aromatic heterocycles. The molecule has 1 unspecified atom stereocenters. The molecule has 30 heavy (non-hydrogen) atoms. The summed E-state index contributed by atoms with van der Waals surface area (Å²) < 4.78 is 2.20. The van der Waals surface area contributed by atoms with Gasteiger partial charge in [-0.2, -0.15) is 0 Å². The summed E-state index contributed by atoms with van der Waals surface area (Å²) in [6.45, 7) is 7.39. The molecule has 4 nitrogen and oxygen atoms in total. The predicted molar refractivity (Wildman–Crippen MR) is 122 cm³/mol. The highest BCUT2D eigenvalue weighted by Crippen LogP contribution is 2.44. The van der Waals surface area contributed by atoms with Gasteiger partial charge in [-0.1, -0.05) is 29.8 Å². The van der Waals surface area contributed by atoms with Gasteiger partial charge in [-0.25, -0.2) is 4.98 Å². The summed E-state index contributed by atoms with van der Waals surface area (Å²) >= 11 is 0. The number of pyridine rings is 1. The van der Waals surface area contributed by atoms with Crippen LogP contribution in [0.2, 0.25) is 0 Å². The van der Waals surface area contributed by atoms with Crippen LogP contribution in [0.25, 0.3) is 11.6 Å². The van der Waals surface area contributed by atoms with E-state index in [4.69, 9.17) is 4.98 Å². The van der Waals surface area contributed by atoms with Crippen molar-refractivity contribution < 1.29 is 0 Å². The number of aromatic nitrogens is 3. The van der Waals surface area contributed by atoms with Gasteiger partial charge in [-0.3, -0.25) is 4.98 Å². The third-order valence-electron chi connectivity index (χ3n) is 6.64. The Morgan fingerprint density at radius 2 is 1.97 bits per heavy atom. The standard InChI is InChI=1S/C26H30N4/c1-18-5-6-23-24(14-18)21(9-13-30-16-19(2)29-17-30)15-22-4-3-10-28-26(22)25(23)20-7-11-27-12-8-20/h3-6,10,14-17,20,25,27H,7-9,11-13H2,1-2H3. The highest BCUT2D eigenvalue weighted by atomic mass is 15.0. The van der Waals surface area contributed by atoms with Crippen LogP contribution < -0.4 is 5.32 Å². The molecule has 0 bridgehead atoms. The Kier molecular flexibility index (Phi) is 5.26. The third-order valence-corrected chi connectivity index (χ3v) is 6.64. The quantitative estimate of drug-likeness (QED) is 0.675. The fourth-order valence-corrected chi connectivity index (χ4v) is 5.15. The zero-order chi connectivity index (χ0) is 20.5. The van der Waals surface area contributed by atoms with Gasteiger partial charge in [0.1, 0.15) is 0 Å². The maximum Gasteiger partial charge on any atom is 0.0949 e. The van der Waals surface area contributed by atoms with E-state index >= 15 is 0 Å². The largest absolute Gasteiger partial charge is 0.337 e. The minimum atomic E-state index is 0.364. The van der Waals surface area contributed by atoms with E-state index in [1.807, 2.05) is 19.4 Å². The molecular weight excluding hydrogens is 368 g/mol. The first kappa shape index (κ1) is 19.3. The van der Waals surface area contributed by atoms with E-state index in [-0.39, 0.29) is 0 Å². The van der Waals surface area contributed by atoms with Gasteiger partial charge in [0.05, 0.1) is 17.7 Å². The zero-order valence-electron chi connectivity index (χ0n) is 17.9. The van der Waals surface area contributed by atoms with Gasteiger partial charge in [-0.15, -0.1) is 0 Å². The number of hydrogen-bond acceptors (Lipinski definition) is 3. The van der Waals surface area contributed by atoms with Crippen LogP contribution in [0.1, 0.15) is 58.8 Å². The topological polar surface area (TPSA) is 42.7 Å². The van der Waals surface area contributed by atoms with Crippen molar-refractivity contribution in [2.45, 2.75) is 45.6 Å². The second-order valence-electron chi connectivity index (χ2n) is 8.81. The summed E-state index contributed by atoms with van der Waals surface area (Å²) in [5, 5.41) is 3.53. The molecule has 1 atom stereocenters. The lowest BCUT2D eigenvalue weighted by molar-refractivity contribution is 0.339. The van der Waals surface area contributed by atoms with Crippen LogP contribution in [0.5, 0.6) is 0 Å². The van der Waals surface area contributed by atoms with Gasteiger partial charge in [0, 0.05) is 24.9 Å². The molecule has 0 amide bonds. The maximum atomic E-state index is 4.93. The number of benzene rings is 1. The normalized spacial score (nSPS) is 19.0. The average molecular weight is 399 g/mol. The fraction of sp³-hybridized carbons (Fsp3) is 0.385. The van der Waals surface area contributed by atoms with E-state index in [1.54, 1.807) is 0 Å². The van der Waals surface area contributed by atoms with E-state index in [2.05, 4.69) is 64.4 Å². The highest BCUT2D eigenvalue weighted by molar-refractivity contribution is 5.86. The molecule has 1 aliphatic heterocycles. The number of nitrogens with zero attached hydrogens (tertiary/aromatic N) is 3. The molecule has 1 aliphatic carbocycles. The second-order valence-corrected chi connectivity index (χ2v) is 8.81. The molecule has 3 heterocycles. The van der Waals surface area contributed by atoms with Crippen LogP contribution in [0, 0.1) is 19.8 Å². The summed E-state index contributed by atoms with van der Waals surface area (Å²) in [6.07, 6.45) is 11.8. The highest BCUT2D eigenvalue weighted by Gasteiger charge is 2.32. The molecule has 1 saturated heterocycles. The molecule has 0 radical (unpaired) electrons. The number of allylic oxidation sites excluding steroid dienone is 1. The van der Waals surface area contributed by atoms with Gasteiger partial charge >= 0.3 is 0 Å². The number of fused-ring (bicyclic) bond motifs is 2. The number of rotatable bonds is 4. The summed E-state index contributed by atoms with van der Waals surface area (Å²) in [5.41, 5.74) is 9.20. The molecule has 2 aliphatic rings. The Balaban J connectivity index is 1.60. The molecule has 0 spiro atoms. The number of piperidine rings is 1. The average Bonchev–Trinajstić information content (AvgIpc) is 3.13.